The first-order valence-corrected chi connectivity index (χ1v) is 7.52. The molecule has 110 valence electrons. The van der Waals surface area contributed by atoms with E-state index in [9.17, 15) is 9.90 Å². The number of carboxylic acid groups (broad SMARTS) is 1. The monoisotopic (exact) mass is 351 g/mol. The maximum atomic E-state index is 11.4. The van der Waals surface area contributed by atoms with E-state index < -0.39 is 12.1 Å². The number of hydrogen-bond acceptors (Lipinski definition) is 4. The summed E-state index contributed by atoms with van der Waals surface area (Å²) in [5, 5.41) is 13.2. The quantitative estimate of drug-likeness (QED) is 0.858. The van der Waals surface area contributed by atoms with Gasteiger partial charge in [0.15, 0.2) is 6.10 Å². The molecule has 1 saturated carbocycles. The molecule has 6 heteroatoms. The fraction of sp³-hybridized carbons (Fsp3) is 0.333. The zero-order valence-electron chi connectivity index (χ0n) is 11.2. The van der Waals surface area contributed by atoms with E-state index in [0.29, 0.717) is 29.3 Å². The molecule has 1 aromatic carbocycles. The van der Waals surface area contributed by atoms with Crippen molar-refractivity contribution in [1.82, 2.24) is 5.16 Å². The first kappa shape index (κ1) is 14.1. The standard InChI is InChI=1S/C15H14BrNO4/c16-10-3-4-13(11(8-10)12-5-6-20-17-12)21-14(15(18)19)7-9-1-2-9/h3-6,8-9,14H,1-2,7H2,(H,18,19)/t14-/m0/s1. The van der Waals surface area contributed by atoms with Crippen molar-refractivity contribution in [2.75, 3.05) is 0 Å². The van der Waals surface area contributed by atoms with Gasteiger partial charge in [0, 0.05) is 16.1 Å². The molecule has 0 bridgehead atoms. The molecule has 1 fully saturated rings. The number of nitrogens with zero attached hydrogens (tertiary/aromatic N) is 1. The molecule has 0 radical (unpaired) electrons. The highest BCUT2D eigenvalue weighted by atomic mass is 79.9. The smallest absolute Gasteiger partial charge is 0.344 e. The summed E-state index contributed by atoms with van der Waals surface area (Å²) < 4.78 is 11.5. The highest BCUT2D eigenvalue weighted by Crippen LogP contribution is 2.37. The van der Waals surface area contributed by atoms with Gasteiger partial charge in [0.05, 0.1) is 0 Å². The summed E-state index contributed by atoms with van der Waals surface area (Å²) in [4.78, 5) is 11.4. The summed E-state index contributed by atoms with van der Waals surface area (Å²) in [6.07, 6.45) is 3.36. The molecule has 1 aliphatic rings. The number of carboxylic acids is 1. The number of carbonyl (C=O) groups is 1. The fourth-order valence-electron chi connectivity index (χ4n) is 2.17. The van der Waals surface area contributed by atoms with Crippen LogP contribution in [0.25, 0.3) is 11.3 Å². The van der Waals surface area contributed by atoms with Gasteiger partial charge in [0.25, 0.3) is 0 Å². The number of aromatic nitrogens is 1. The fourth-order valence-corrected chi connectivity index (χ4v) is 2.53. The second-order valence-electron chi connectivity index (χ2n) is 5.15. The van der Waals surface area contributed by atoms with E-state index >= 15 is 0 Å². The largest absolute Gasteiger partial charge is 0.479 e. The average Bonchev–Trinajstić information content (AvgIpc) is 3.10. The Labute approximate surface area is 130 Å². The minimum absolute atomic E-state index is 0.469. The Balaban J connectivity index is 1.88. The topological polar surface area (TPSA) is 72.6 Å². The molecule has 2 aromatic rings. The van der Waals surface area contributed by atoms with Crippen molar-refractivity contribution in [1.29, 1.82) is 0 Å². The SMILES string of the molecule is O=C(O)[C@H](CC1CC1)Oc1ccc(Br)cc1-c1ccon1. The van der Waals surface area contributed by atoms with Crippen molar-refractivity contribution in [3.63, 3.8) is 0 Å². The Kier molecular flexibility index (Phi) is 3.96. The van der Waals surface area contributed by atoms with Crippen LogP contribution in [0, 0.1) is 5.92 Å². The Morgan fingerprint density at radius 2 is 2.29 bits per heavy atom. The van der Waals surface area contributed by atoms with Crippen LogP contribution in [-0.4, -0.2) is 22.3 Å². The number of rotatable bonds is 6. The van der Waals surface area contributed by atoms with E-state index in [4.69, 9.17) is 9.26 Å². The van der Waals surface area contributed by atoms with Crippen molar-refractivity contribution in [3.8, 4) is 17.0 Å². The zero-order valence-corrected chi connectivity index (χ0v) is 12.7. The van der Waals surface area contributed by atoms with Gasteiger partial charge in [-0.15, -0.1) is 0 Å². The second-order valence-corrected chi connectivity index (χ2v) is 6.06. The number of benzene rings is 1. The van der Waals surface area contributed by atoms with Crippen molar-refractivity contribution in [2.45, 2.75) is 25.4 Å². The van der Waals surface area contributed by atoms with E-state index in [1.54, 1.807) is 12.1 Å². The summed E-state index contributed by atoms with van der Waals surface area (Å²) in [6, 6.07) is 7.11. The zero-order chi connectivity index (χ0) is 14.8. The minimum Gasteiger partial charge on any atom is -0.479 e. The van der Waals surface area contributed by atoms with Gasteiger partial charge < -0.3 is 14.4 Å². The number of halogens is 1. The van der Waals surface area contributed by atoms with Crippen LogP contribution < -0.4 is 4.74 Å². The number of hydrogen-bond donors (Lipinski definition) is 1. The molecular formula is C15H14BrNO4. The van der Waals surface area contributed by atoms with Gasteiger partial charge in [-0.05, 0) is 30.5 Å². The van der Waals surface area contributed by atoms with Gasteiger partial charge in [0.2, 0.25) is 0 Å². The van der Waals surface area contributed by atoms with Crippen LogP contribution in [0.5, 0.6) is 5.75 Å². The summed E-state index contributed by atoms with van der Waals surface area (Å²) in [5.74, 6) is 0.0353. The molecule has 1 atom stereocenters. The van der Waals surface area contributed by atoms with Crippen molar-refractivity contribution >= 4 is 21.9 Å². The molecule has 1 heterocycles. The van der Waals surface area contributed by atoms with Gasteiger partial charge in [-0.1, -0.05) is 33.9 Å². The van der Waals surface area contributed by atoms with Crippen molar-refractivity contribution in [3.05, 3.63) is 35.0 Å². The molecule has 0 aliphatic heterocycles. The molecule has 0 unspecified atom stereocenters. The maximum Gasteiger partial charge on any atom is 0.344 e. The van der Waals surface area contributed by atoms with E-state index in [0.717, 1.165) is 17.3 Å². The van der Waals surface area contributed by atoms with Crippen LogP contribution >= 0.6 is 15.9 Å². The Hall–Kier alpha value is -1.82. The average molecular weight is 352 g/mol. The molecule has 0 amide bonds. The predicted molar refractivity (Wildman–Crippen MR) is 79.0 cm³/mol. The van der Waals surface area contributed by atoms with E-state index in [2.05, 4.69) is 21.1 Å². The number of ether oxygens (including phenoxy) is 1. The van der Waals surface area contributed by atoms with Crippen LogP contribution in [0.1, 0.15) is 19.3 Å². The van der Waals surface area contributed by atoms with E-state index in [-0.39, 0.29) is 0 Å². The van der Waals surface area contributed by atoms with E-state index in [1.807, 2.05) is 12.1 Å². The van der Waals surface area contributed by atoms with Crippen LogP contribution in [0.3, 0.4) is 0 Å². The summed E-state index contributed by atoms with van der Waals surface area (Å²) in [6.45, 7) is 0. The van der Waals surface area contributed by atoms with Gasteiger partial charge in [-0.3, -0.25) is 0 Å². The number of aliphatic carboxylic acids is 1. The van der Waals surface area contributed by atoms with Crippen molar-refractivity contribution < 1.29 is 19.2 Å². The lowest BCUT2D eigenvalue weighted by molar-refractivity contribution is -0.145. The second kappa shape index (κ2) is 5.89. The van der Waals surface area contributed by atoms with Crippen molar-refractivity contribution in [2.24, 2.45) is 5.92 Å². The molecule has 1 aliphatic carbocycles. The molecular weight excluding hydrogens is 338 g/mol. The third kappa shape index (κ3) is 3.44. The lowest BCUT2D eigenvalue weighted by Gasteiger charge is -2.17. The summed E-state index contributed by atoms with van der Waals surface area (Å²) in [5.41, 5.74) is 1.32. The van der Waals surface area contributed by atoms with Gasteiger partial charge in [0.1, 0.15) is 17.7 Å². The molecule has 1 N–H and O–H groups in total. The normalized spacial score (nSPS) is 15.7. The third-order valence-corrected chi connectivity index (χ3v) is 3.94. The Bertz CT molecular complexity index is 637. The molecule has 5 nitrogen and oxygen atoms in total. The lowest BCUT2D eigenvalue weighted by atomic mass is 10.1. The highest BCUT2D eigenvalue weighted by Gasteiger charge is 2.31. The maximum absolute atomic E-state index is 11.4. The third-order valence-electron chi connectivity index (χ3n) is 3.44. The molecule has 0 saturated heterocycles. The van der Waals surface area contributed by atoms with Gasteiger partial charge >= 0.3 is 5.97 Å². The van der Waals surface area contributed by atoms with Crippen LogP contribution in [0.4, 0.5) is 0 Å². The van der Waals surface area contributed by atoms with Gasteiger partial charge in [-0.2, -0.15) is 0 Å². The Morgan fingerprint density at radius 1 is 1.48 bits per heavy atom. The summed E-state index contributed by atoms with van der Waals surface area (Å²) in [7, 11) is 0. The summed E-state index contributed by atoms with van der Waals surface area (Å²) >= 11 is 3.40. The minimum atomic E-state index is -0.934. The first-order valence-electron chi connectivity index (χ1n) is 6.73. The molecule has 3 rings (SSSR count). The van der Waals surface area contributed by atoms with Gasteiger partial charge in [-0.25, -0.2) is 4.79 Å². The molecule has 1 aromatic heterocycles. The van der Waals surface area contributed by atoms with E-state index in [1.165, 1.54) is 6.26 Å². The van der Waals surface area contributed by atoms with Crippen LogP contribution in [-0.2, 0) is 4.79 Å². The molecule has 21 heavy (non-hydrogen) atoms. The van der Waals surface area contributed by atoms with Crippen LogP contribution in [0.2, 0.25) is 0 Å². The lowest BCUT2D eigenvalue weighted by Crippen LogP contribution is -2.27. The molecule has 0 spiro atoms. The van der Waals surface area contributed by atoms with Crippen LogP contribution in [0.15, 0.2) is 39.5 Å². The predicted octanol–water partition coefficient (Wildman–Crippen LogP) is 3.74. The first-order chi connectivity index (χ1) is 10.1. The Morgan fingerprint density at radius 3 is 2.90 bits per heavy atom. The highest BCUT2D eigenvalue weighted by molar-refractivity contribution is 9.10.